The Kier molecular flexibility index (Phi) is 7.22. The lowest BCUT2D eigenvalue weighted by Crippen LogP contribution is -2.07. The van der Waals surface area contributed by atoms with Gasteiger partial charge in [0.15, 0.2) is 0 Å². The first kappa shape index (κ1) is 14.1. The summed E-state index contributed by atoms with van der Waals surface area (Å²) >= 11 is 5.67. The topological polar surface area (TPSA) is 0 Å². The standard InChI is InChI=1S/C14H21BrS/c1-3-16-9-8-14(11-15)10-13-6-4-12(2)5-7-13/h4-7,14H,3,8-11H2,1-2H3. The van der Waals surface area contributed by atoms with Crippen LogP contribution in [0, 0.1) is 12.8 Å². The van der Waals surface area contributed by atoms with E-state index in [2.05, 4.69) is 54.0 Å². The zero-order chi connectivity index (χ0) is 11.8. The Bertz CT molecular complexity index is 281. The SMILES string of the molecule is CCSCCC(CBr)Cc1ccc(C)cc1. The van der Waals surface area contributed by atoms with Gasteiger partial charge in [-0.3, -0.25) is 0 Å². The average Bonchev–Trinajstić information content (AvgIpc) is 2.31. The fourth-order valence-corrected chi connectivity index (χ4v) is 3.03. The highest BCUT2D eigenvalue weighted by atomic mass is 79.9. The summed E-state index contributed by atoms with van der Waals surface area (Å²) in [6.07, 6.45) is 2.52. The molecule has 0 radical (unpaired) electrons. The zero-order valence-electron chi connectivity index (χ0n) is 10.2. The third-order valence-corrected chi connectivity index (χ3v) is 4.59. The van der Waals surface area contributed by atoms with Gasteiger partial charge in [0.1, 0.15) is 0 Å². The average molecular weight is 301 g/mol. The van der Waals surface area contributed by atoms with E-state index < -0.39 is 0 Å². The number of hydrogen-bond acceptors (Lipinski definition) is 1. The Hall–Kier alpha value is 0.0500. The van der Waals surface area contributed by atoms with Crippen molar-refractivity contribution in [3.8, 4) is 0 Å². The van der Waals surface area contributed by atoms with Crippen LogP contribution in [-0.4, -0.2) is 16.8 Å². The van der Waals surface area contributed by atoms with Crippen LogP contribution in [0.25, 0.3) is 0 Å². The summed E-state index contributed by atoms with van der Waals surface area (Å²) in [4.78, 5) is 0. The molecule has 0 aliphatic carbocycles. The van der Waals surface area contributed by atoms with Crippen LogP contribution in [0.1, 0.15) is 24.5 Å². The number of thioether (sulfide) groups is 1. The molecule has 0 saturated heterocycles. The molecule has 0 aliphatic rings. The number of benzene rings is 1. The van der Waals surface area contributed by atoms with Crippen molar-refractivity contribution in [1.82, 2.24) is 0 Å². The lowest BCUT2D eigenvalue weighted by Gasteiger charge is -2.13. The van der Waals surface area contributed by atoms with Crippen LogP contribution in [0.3, 0.4) is 0 Å². The molecule has 2 heteroatoms. The van der Waals surface area contributed by atoms with Crippen LogP contribution < -0.4 is 0 Å². The first-order valence-electron chi connectivity index (χ1n) is 5.95. The van der Waals surface area contributed by atoms with Gasteiger partial charge in [-0.1, -0.05) is 52.7 Å². The maximum Gasteiger partial charge on any atom is 0.00631 e. The van der Waals surface area contributed by atoms with E-state index in [4.69, 9.17) is 0 Å². The fraction of sp³-hybridized carbons (Fsp3) is 0.571. The van der Waals surface area contributed by atoms with Crippen molar-refractivity contribution in [2.24, 2.45) is 5.92 Å². The molecule has 1 rings (SSSR count). The summed E-state index contributed by atoms with van der Waals surface area (Å²) in [7, 11) is 0. The summed E-state index contributed by atoms with van der Waals surface area (Å²) in [5.74, 6) is 3.31. The second-order valence-corrected chi connectivity index (χ2v) is 6.24. The van der Waals surface area contributed by atoms with Crippen molar-refractivity contribution in [2.75, 3.05) is 16.8 Å². The quantitative estimate of drug-likeness (QED) is 0.520. The van der Waals surface area contributed by atoms with Crippen molar-refractivity contribution in [3.05, 3.63) is 35.4 Å². The molecule has 16 heavy (non-hydrogen) atoms. The van der Waals surface area contributed by atoms with Gasteiger partial charge >= 0.3 is 0 Å². The van der Waals surface area contributed by atoms with Crippen molar-refractivity contribution in [2.45, 2.75) is 26.7 Å². The number of hydrogen-bond donors (Lipinski definition) is 0. The maximum absolute atomic E-state index is 3.63. The predicted octanol–water partition coefficient (Wildman–Crippen LogP) is 4.69. The molecule has 0 heterocycles. The van der Waals surface area contributed by atoms with Crippen molar-refractivity contribution in [1.29, 1.82) is 0 Å². The Morgan fingerprint density at radius 3 is 2.50 bits per heavy atom. The largest absolute Gasteiger partial charge is 0.162 e. The van der Waals surface area contributed by atoms with E-state index in [-0.39, 0.29) is 0 Å². The number of rotatable bonds is 7. The van der Waals surface area contributed by atoms with Crippen LogP contribution in [-0.2, 0) is 6.42 Å². The Morgan fingerprint density at radius 1 is 1.25 bits per heavy atom. The molecule has 0 N–H and O–H groups in total. The van der Waals surface area contributed by atoms with Gasteiger partial charge in [-0.2, -0.15) is 11.8 Å². The lowest BCUT2D eigenvalue weighted by molar-refractivity contribution is 0.578. The number of aryl methyl sites for hydroxylation is 1. The molecule has 1 unspecified atom stereocenters. The van der Waals surface area contributed by atoms with Crippen LogP contribution in [0.15, 0.2) is 24.3 Å². The van der Waals surface area contributed by atoms with Crippen LogP contribution in [0.4, 0.5) is 0 Å². The zero-order valence-corrected chi connectivity index (χ0v) is 12.6. The molecule has 90 valence electrons. The summed E-state index contributed by atoms with van der Waals surface area (Å²) in [5, 5.41) is 1.12. The first-order chi connectivity index (χ1) is 7.76. The van der Waals surface area contributed by atoms with Gasteiger partial charge in [0.25, 0.3) is 0 Å². The molecule has 0 nitrogen and oxygen atoms in total. The number of alkyl halides is 1. The molecular formula is C14H21BrS. The highest BCUT2D eigenvalue weighted by Crippen LogP contribution is 2.18. The van der Waals surface area contributed by atoms with Gasteiger partial charge in [0.2, 0.25) is 0 Å². The van der Waals surface area contributed by atoms with E-state index in [1.54, 1.807) is 0 Å². The maximum atomic E-state index is 3.63. The van der Waals surface area contributed by atoms with Crippen molar-refractivity contribution >= 4 is 27.7 Å². The van der Waals surface area contributed by atoms with E-state index in [1.807, 2.05) is 11.8 Å². The Morgan fingerprint density at radius 2 is 1.94 bits per heavy atom. The summed E-state index contributed by atoms with van der Waals surface area (Å²) in [6, 6.07) is 8.94. The molecular weight excluding hydrogens is 280 g/mol. The summed E-state index contributed by atoms with van der Waals surface area (Å²) < 4.78 is 0. The molecule has 1 aromatic carbocycles. The summed E-state index contributed by atoms with van der Waals surface area (Å²) in [6.45, 7) is 4.37. The van der Waals surface area contributed by atoms with Gasteiger partial charge in [-0.25, -0.2) is 0 Å². The third kappa shape index (κ3) is 5.40. The Balaban J connectivity index is 2.40. The second kappa shape index (κ2) is 8.19. The van der Waals surface area contributed by atoms with Gasteiger partial charge in [0.05, 0.1) is 0 Å². The molecule has 0 fully saturated rings. The molecule has 0 aromatic heterocycles. The van der Waals surface area contributed by atoms with Gasteiger partial charge in [-0.15, -0.1) is 0 Å². The number of halogens is 1. The minimum atomic E-state index is 0.779. The first-order valence-corrected chi connectivity index (χ1v) is 8.23. The minimum absolute atomic E-state index is 0.779. The normalized spacial score (nSPS) is 12.7. The highest BCUT2D eigenvalue weighted by molar-refractivity contribution is 9.09. The molecule has 0 saturated carbocycles. The smallest absolute Gasteiger partial charge is 0.00631 e. The molecule has 1 atom stereocenters. The molecule has 0 aliphatic heterocycles. The molecule has 0 amide bonds. The monoisotopic (exact) mass is 300 g/mol. The summed E-state index contributed by atoms with van der Waals surface area (Å²) in [5.41, 5.74) is 2.82. The van der Waals surface area contributed by atoms with Crippen LogP contribution in [0.5, 0.6) is 0 Å². The van der Waals surface area contributed by atoms with Crippen LogP contribution in [0.2, 0.25) is 0 Å². The third-order valence-electron chi connectivity index (χ3n) is 2.74. The van der Waals surface area contributed by atoms with Crippen LogP contribution >= 0.6 is 27.7 Å². The van der Waals surface area contributed by atoms with Gasteiger partial charge in [-0.05, 0) is 42.8 Å². The molecule has 1 aromatic rings. The Labute approximate surface area is 112 Å². The minimum Gasteiger partial charge on any atom is -0.162 e. The van der Waals surface area contributed by atoms with E-state index >= 15 is 0 Å². The van der Waals surface area contributed by atoms with Gasteiger partial charge < -0.3 is 0 Å². The lowest BCUT2D eigenvalue weighted by atomic mass is 9.98. The van der Waals surface area contributed by atoms with Crippen molar-refractivity contribution in [3.63, 3.8) is 0 Å². The van der Waals surface area contributed by atoms with E-state index in [9.17, 15) is 0 Å². The van der Waals surface area contributed by atoms with Crippen molar-refractivity contribution < 1.29 is 0 Å². The van der Waals surface area contributed by atoms with E-state index in [0.717, 1.165) is 11.2 Å². The second-order valence-electron chi connectivity index (χ2n) is 4.20. The van der Waals surface area contributed by atoms with E-state index in [0.29, 0.717) is 0 Å². The van der Waals surface area contributed by atoms with Gasteiger partial charge in [0, 0.05) is 5.33 Å². The van der Waals surface area contributed by atoms with E-state index in [1.165, 1.54) is 35.5 Å². The molecule has 0 spiro atoms. The fourth-order valence-electron chi connectivity index (χ4n) is 1.69. The highest BCUT2D eigenvalue weighted by Gasteiger charge is 2.07. The predicted molar refractivity (Wildman–Crippen MR) is 79.8 cm³/mol. The molecule has 0 bridgehead atoms.